The van der Waals surface area contributed by atoms with Crippen molar-refractivity contribution in [1.82, 2.24) is 4.90 Å². The summed E-state index contributed by atoms with van der Waals surface area (Å²) >= 11 is 0. The molecule has 1 aliphatic carbocycles. The van der Waals surface area contributed by atoms with E-state index in [2.05, 4.69) is 0 Å². The van der Waals surface area contributed by atoms with Crippen molar-refractivity contribution in [3.05, 3.63) is 0 Å². The monoisotopic (exact) mass is 241 g/mol. The van der Waals surface area contributed by atoms with Crippen LogP contribution in [0.25, 0.3) is 0 Å². The number of ether oxygens (including phenoxy) is 1. The number of carboxylic acid groups (broad SMARTS) is 1. The average molecular weight is 241 g/mol. The first kappa shape index (κ1) is 12.4. The Labute approximate surface area is 101 Å². The summed E-state index contributed by atoms with van der Waals surface area (Å²) in [6.07, 6.45) is 3.25. The average Bonchev–Trinajstić information content (AvgIpc) is 3.01. The SMILES string of the molecule is CC1(C)CC(C(=O)O)(N(C=O)C2CC2)CCO1. The van der Waals surface area contributed by atoms with E-state index in [1.54, 1.807) is 0 Å². The Hall–Kier alpha value is -1.10. The Morgan fingerprint density at radius 2 is 2.12 bits per heavy atom. The second-order valence-electron chi connectivity index (χ2n) is 5.62. The largest absolute Gasteiger partial charge is 0.479 e. The van der Waals surface area contributed by atoms with Gasteiger partial charge >= 0.3 is 5.97 Å². The Bertz CT molecular complexity index is 337. The fourth-order valence-corrected chi connectivity index (χ4v) is 2.74. The van der Waals surface area contributed by atoms with Crippen molar-refractivity contribution in [2.24, 2.45) is 0 Å². The second kappa shape index (κ2) is 3.98. The molecule has 0 aromatic rings. The fourth-order valence-electron chi connectivity index (χ4n) is 2.74. The van der Waals surface area contributed by atoms with E-state index in [9.17, 15) is 14.7 Å². The van der Waals surface area contributed by atoms with Crippen LogP contribution in [0.5, 0.6) is 0 Å². The molecular weight excluding hydrogens is 222 g/mol. The van der Waals surface area contributed by atoms with Crippen LogP contribution in [0.2, 0.25) is 0 Å². The number of rotatable bonds is 4. The van der Waals surface area contributed by atoms with E-state index in [4.69, 9.17) is 4.74 Å². The minimum atomic E-state index is -1.08. The van der Waals surface area contributed by atoms with Gasteiger partial charge in [0.25, 0.3) is 0 Å². The van der Waals surface area contributed by atoms with E-state index < -0.39 is 17.1 Å². The highest BCUT2D eigenvalue weighted by atomic mass is 16.5. The molecule has 1 saturated carbocycles. The van der Waals surface area contributed by atoms with E-state index in [1.165, 1.54) is 4.90 Å². The summed E-state index contributed by atoms with van der Waals surface area (Å²) in [7, 11) is 0. The van der Waals surface area contributed by atoms with Crippen LogP contribution in [0.3, 0.4) is 0 Å². The molecule has 0 spiro atoms. The summed E-state index contributed by atoms with van der Waals surface area (Å²) in [5.41, 5.74) is -1.57. The third-order valence-electron chi connectivity index (χ3n) is 3.67. The van der Waals surface area contributed by atoms with E-state index >= 15 is 0 Å². The molecule has 1 saturated heterocycles. The van der Waals surface area contributed by atoms with Gasteiger partial charge in [-0.1, -0.05) is 0 Å². The van der Waals surface area contributed by atoms with Gasteiger partial charge in [-0.3, -0.25) is 4.79 Å². The van der Waals surface area contributed by atoms with Gasteiger partial charge in [-0.25, -0.2) is 4.79 Å². The van der Waals surface area contributed by atoms with Crippen LogP contribution in [0, 0.1) is 0 Å². The molecule has 2 fully saturated rings. The summed E-state index contributed by atoms with van der Waals surface area (Å²) in [5, 5.41) is 9.54. The van der Waals surface area contributed by atoms with E-state index in [0.29, 0.717) is 25.9 Å². The molecule has 5 nitrogen and oxygen atoms in total. The lowest BCUT2D eigenvalue weighted by molar-refractivity contribution is -0.175. The summed E-state index contributed by atoms with van der Waals surface area (Å²) in [5.74, 6) is -0.909. The highest BCUT2D eigenvalue weighted by Gasteiger charge is 2.54. The fraction of sp³-hybridized carbons (Fsp3) is 0.833. The molecule has 2 rings (SSSR count). The number of carboxylic acids is 1. The van der Waals surface area contributed by atoms with Gasteiger partial charge < -0.3 is 14.7 Å². The minimum Gasteiger partial charge on any atom is -0.479 e. The number of carbonyl (C=O) groups excluding carboxylic acids is 1. The van der Waals surface area contributed by atoms with Crippen LogP contribution in [0.1, 0.15) is 39.5 Å². The first-order valence-electron chi connectivity index (χ1n) is 6.02. The molecule has 1 N–H and O–H groups in total. The zero-order valence-corrected chi connectivity index (χ0v) is 10.3. The van der Waals surface area contributed by atoms with E-state index in [0.717, 1.165) is 12.8 Å². The number of nitrogens with zero attached hydrogens (tertiary/aromatic N) is 1. The zero-order valence-electron chi connectivity index (χ0n) is 10.3. The predicted molar refractivity (Wildman–Crippen MR) is 60.6 cm³/mol. The van der Waals surface area contributed by atoms with Gasteiger partial charge in [0.05, 0.1) is 12.2 Å². The predicted octanol–water partition coefficient (Wildman–Crippen LogP) is 1.02. The third kappa shape index (κ3) is 2.16. The molecular formula is C12H19NO4. The van der Waals surface area contributed by atoms with Gasteiger partial charge in [0.15, 0.2) is 0 Å². The van der Waals surface area contributed by atoms with Gasteiger partial charge in [-0.15, -0.1) is 0 Å². The summed E-state index contributed by atoms with van der Waals surface area (Å²) in [6.45, 7) is 4.13. The van der Waals surface area contributed by atoms with Crippen molar-refractivity contribution in [3.63, 3.8) is 0 Å². The number of aliphatic carboxylic acids is 1. The lowest BCUT2D eigenvalue weighted by Gasteiger charge is -2.47. The van der Waals surface area contributed by atoms with Gasteiger partial charge in [-0.2, -0.15) is 0 Å². The maximum atomic E-state index is 11.6. The lowest BCUT2D eigenvalue weighted by atomic mass is 9.80. The Morgan fingerprint density at radius 3 is 2.53 bits per heavy atom. The van der Waals surface area contributed by atoms with Gasteiger partial charge in [-0.05, 0) is 26.7 Å². The van der Waals surface area contributed by atoms with Gasteiger partial charge in [0, 0.05) is 18.9 Å². The second-order valence-corrected chi connectivity index (χ2v) is 5.62. The first-order valence-corrected chi connectivity index (χ1v) is 6.02. The molecule has 1 unspecified atom stereocenters. The maximum absolute atomic E-state index is 11.6. The minimum absolute atomic E-state index is 0.109. The van der Waals surface area contributed by atoms with Gasteiger partial charge in [0.2, 0.25) is 6.41 Å². The number of amides is 1. The molecule has 0 aromatic heterocycles. The summed E-state index contributed by atoms with van der Waals surface area (Å²) < 4.78 is 5.56. The molecule has 0 aromatic carbocycles. The third-order valence-corrected chi connectivity index (χ3v) is 3.67. The first-order chi connectivity index (χ1) is 7.91. The molecule has 96 valence electrons. The summed E-state index contributed by atoms with van der Waals surface area (Å²) in [6, 6.07) is 0.109. The molecule has 17 heavy (non-hydrogen) atoms. The van der Waals surface area contributed by atoms with Crippen molar-refractivity contribution < 1.29 is 19.4 Å². The van der Waals surface area contributed by atoms with Crippen LogP contribution in [-0.2, 0) is 14.3 Å². The lowest BCUT2D eigenvalue weighted by Crippen LogP contribution is -2.61. The zero-order chi connectivity index (χ0) is 12.7. The van der Waals surface area contributed by atoms with Crippen LogP contribution in [-0.4, -0.2) is 46.2 Å². The smallest absolute Gasteiger partial charge is 0.329 e. The molecule has 1 heterocycles. The molecule has 1 atom stereocenters. The Kier molecular flexibility index (Phi) is 2.89. The van der Waals surface area contributed by atoms with Crippen LogP contribution in [0.15, 0.2) is 0 Å². The standard InChI is InChI=1S/C12H19NO4/c1-11(2)7-12(10(15)16,5-6-17-11)13(8-14)9-3-4-9/h8-9H,3-7H2,1-2H3,(H,15,16). The van der Waals surface area contributed by atoms with Crippen LogP contribution >= 0.6 is 0 Å². The van der Waals surface area contributed by atoms with Crippen molar-refractivity contribution in [2.75, 3.05) is 6.61 Å². The number of hydrogen-bond donors (Lipinski definition) is 1. The summed E-state index contributed by atoms with van der Waals surface area (Å²) in [4.78, 5) is 24.4. The number of hydrogen-bond acceptors (Lipinski definition) is 3. The van der Waals surface area contributed by atoms with Crippen LogP contribution < -0.4 is 0 Å². The number of carbonyl (C=O) groups is 2. The van der Waals surface area contributed by atoms with Crippen molar-refractivity contribution in [1.29, 1.82) is 0 Å². The maximum Gasteiger partial charge on any atom is 0.329 e. The highest BCUT2D eigenvalue weighted by Crippen LogP contribution is 2.41. The highest BCUT2D eigenvalue weighted by molar-refractivity contribution is 5.82. The molecule has 5 heteroatoms. The Balaban J connectivity index is 2.30. The van der Waals surface area contributed by atoms with Crippen molar-refractivity contribution in [3.8, 4) is 0 Å². The van der Waals surface area contributed by atoms with E-state index in [1.807, 2.05) is 13.8 Å². The normalized spacial score (nSPS) is 31.9. The molecule has 2 aliphatic rings. The van der Waals surface area contributed by atoms with Crippen molar-refractivity contribution in [2.45, 2.75) is 56.7 Å². The molecule has 1 amide bonds. The molecule has 0 radical (unpaired) electrons. The topological polar surface area (TPSA) is 66.8 Å². The van der Waals surface area contributed by atoms with Crippen LogP contribution in [0.4, 0.5) is 0 Å². The molecule has 1 aliphatic heterocycles. The van der Waals surface area contributed by atoms with Crippen molar-refractivity contribution >= 4 is 12.4 Å². The molecule has 0 bridgehead atoms. The van der Waals surface area contributed by atoms with Gasteiger partial charge in [0.1, 0.15) is 5.54 Å². The quantitative estimate of drug-likeness (QED) is 0.746. The van der Waals surface area contributed by atoms with E-state index in [-0.39, 0.29) is 6.04 Å². The Morgan fingerprint density at radius 1 is 1.47 bits per heavy atom.